The van der Waals surface area contributed by atoms with Gasteiger partial charge in [-0.1, -0.05) is 18.2 Å². The Morgan fingerprint density at radius 2 is 2.00 bits per heavy atom. The Morgan fingerprint density at radius 1 is 1.20 bits per heavy atom. The molecule has 0 radical (unpaired) electrons. The van der Waals surface area contributed by atoms with Crippen LogP contribution in [0.4, 0.5) is 0 Å². The lowest BCUT2D eigenvalue weighted by atomic mass is 10.1. The molecule has 0 saturated carbocycles. The summed E-state index contributed by atoms with van der Waals surface area (Å²) in [6.07, 6.45) is 0.961. The van der Waals surface area contributed by atoms with Crippen molar-refractivity contribution in [2.24, 2.45) is 0 Å². The summed E-state index contributed by atoms with van der Waals surface area (Å²) >= 11 is 2.18. The number of Topliss-reactive ketones (excluding diaryl/α,β-unsaturated/α-hetero) is 1. The number of amides is 1. The van der Waals surface area contributed by atoms with Crippen LogP contribution in [-0.4, -0.2) is 56.1 Å². The lowest BCUT2D eigenvalue weighted by Crippen LogP contribution is -2.47. The first-order valence-corrected chi connectivity index (χ1v) is 11.0. The zero-order valence-corrected chi connectivity index (χ0v) is 19.4. The minimum absolute atomic E-state index is 0.0145. The highest BCUT2D eigenvalue weighted by Gasteiger charge is 2.26. The molecule has 0 N–H and O–H groups in total. The van der Waals surface area contributed by atoms with E-state index in [4.69, 9.17) is 14.2 Å². The Morgan fingerprint density at radius 3 is 2.73 bits per heavy atom. The molecule has 1 fully saturated rings. The number of ether oxygens (including phenoxy) is 3. The number of benzene rings is 2. The predicted octanol–water partition coefficient (Wildman–Crippen LogP) is 3.74. The Bertz CT molecular complexity index is 901. The molecule has 2 aromatic rings. The van der Waals surface area contributed by atoms with Gasteiger partial charge in [-0.25, -0.2) is 0 Å². The fourth-order valence-electron chi connectivity index (χ4n) is 3.30. The highest BCUT2D eigenvalue weighted by Crippen LogP contribution is 2.29. The van der Waals surface area contributed by atoms with Gasteiger partial charge in [0.05, 0.1) is 25.8 Å². The van der Waals surface area contributed by atoms with Crippen molar-refractivity contribution >= 4 is 34.3 Å². The molecule has 1 atom stereocenters. The van der Waals surface area contributed by atoms with Crippen molar-refractivity contribution in [3.63, 3.8) is 0 Å². The molecule has 3 rings (SSSR count). The largest absolute Gasteiger partial charge is 0.493 e. The van der Waals surface area contributed by atoms with E-state index in [2.05, 4.69) is 22.6 Å². The molecule has 1 unspecified atom stereocenters. The Kier molecular flexibility index (Phi) is 8.09. The van der Waals surface area contributed by atoms with Crippen LogP contribution in [0.1, 0.15) is 29.3 Å². The number of aryl methyl sites for hydroxylation is 1. The van der Waals surface area contributed by atoms with E-state index in [1.54, 1.807) is 14.0 Å². The summed E-state index contributed by atoms with van der Waals surface area (Å²) < 4.78 is 18.1. The summed E-state index contributed by atoms with van der Waals surface area (Å²) in [6, 6.07) is 13.3. The molecule has 1 heterocycles. The Hall–Kier alpha value is -2.13. The van der Waals surface area contributed by atoms with Gasteiger partial charge in [0.25, 0.3) is 5.91 Å². The summed E-state index contributed by atoms with van der Waals surface area (Å²) in [5, 5.41) is 0. The second kappa shape index (κ2) is 10.8. The van der Waals surface area contributed by atoms with Gasteiger partial charge in [0.15, 0.2) is 11.5 Å². The smallest absolute Gasteiger partial charge is 0.255 e. The first-order valence-electron chi connectivity index (χ1n) is 9.92. The highest BCUT2D eigenvalue weighted by atomic mass is 127. The molecule has 7 heteroatoms. The van der Waals surface area contributed by atoms with Crippen molar-refractivity contribution < 1.29 is 23.8 Å². The van der Waals surface area contributed by atoms with Gasteiger partial charge in [-0.15, -0.1) is 0 Å². The number of carbonyl (C=O) groups is 2. The molecule has 1 saturated heterocycles. The third-order valence-corrected chi connectivity index (χ3v) is 5.89. The summed E-state index contributed by atoms with van der Waals surface area (Å²) in [7, 11) is 1.59. The molecule has 0 bridgehead atoms. The van der Waals surface area contributed by atoms with Crippen LogP contribution >= 0.6 is 22.6 Å². The van der Waals surface area contributed by atoms with Gasteiger partial charge in [0, 0.05) is 16.5 Å². The van der Waals surface area contributed by atoms with Gasteiger partial charge in [-0.05, 0) is 65.8 Å². The van der Waals surface area contributed by atoms with Crippen LogP contribution in [0.15, 0.2) is 42.5 Å². The summed E-state index contributed by atoms with van der Waals surface area (Å²) in [4.78, 5) is 25.9. The van der Waals surface area contributed by atoms with Crippen LogP contribution in [0.5, 0.6) is 11.5 Å². The van der Waals surface area contributed by atoms with Crippen molar-refractivity contribution in [3.8, 4) is 11.5 Å². The average molecular weight is 523 g/mol. The minimum atomic E-state index is -0.217. The number of methoxy groups -OCH3 is 1. The van der Waals surface area contributed by atoms with E-state index in [0.29, 0.717) is 56.2 Å². The van der Waals surface area contributed by atoms with Crippen molar-refractivity contribution in [3.05, 3.63) is 57.2 Å². The second-order valence-electron chi connectivity index (χ2n) is 7.22. The number of hydrogen-bond donors (Lipinski definition) is 0. The first kappa shape index (κ1) is 22.6. The summed E-state index contributed by atoms with van der Waals surface area (Å²) in [6.45, 7) is 3.42. The molecule has 0 aromatic heterocycles. The van der Waals surface area contributed by atoms with Gasteiger partial charge >= 0.3 is 0 Å². The topological polar surface area (TPSA) is 65.1 Å². The van der Waals surface area contributed by atoms with E-state index >= 15 is 0 Å². The van der Waals surface area contributed by atoms with Gasteiger partial charge in [-0.2, -0.15) is 0 Å². The third kappa shape index (κ3) is 5.95. The van der Waals surface area contributed by atoms with Gasteiger partial charge in [-0.3, -0.25) is 4.79 Å². The second-order valence-corrected chi connectivity index (χ2v) is 8.38. The molecule has 1 aliphatic rings. The van der Waals surface area contributed by atoms with E-state index in [9.17, 15) is 9.59 Å². The van der Waals surface area contributed by atoms with Gasteiger partial charge < -0.3 is 23.9 Å². The predicted molar refractivity (Wildman–Crippen MR) is 122 cm³/mol. The molecular formula is C23H26INO5. The van der Waals surface area contributed by atoms with Crippen LogP contribution in [0.25, 0.3) is 0 Å². The number of halogens is 1. The minimum Gasteiger partial charge on any atom is -0.493 e. The SMILES string of the molecule is COc1cc(CCC(C)=O)ccc1OCC1CN(C(=O)c2ccccc2I)CCO1. The number of morpholine rings is 1. The van der Waals surface area contributed by atoms with E-state index in [1.165, 1.54) is 0 Å². The van der Waals surface area contributed by atoms with Crippen molar-refractivity contribution in [2.75, 3.05) is 33.4 Å². The highest BCUT2D eigenvalue weighted by molar-refractivity contribution is 14.1. The number of carbonyl (C=O) groups excluding carboxylic acids is 2. The monoisotopic (exact) mass is 523 g/mol. The summed E-state index contributed by atoms with van der Waals surface area (Å²) in [5.41, 5.74) is 1.74. The zero-order chi connectivity index (χ0) is 21.5. The molecular weight excluding hydrogens is 497 g/mol. The molecule has 30 heavy (non-hydrogen) atoms. The average Bonchev–Trinajstić information content (AvgIpc) is 2.76. The van der Waals surface area contributed by atoms with E-state index in [0.717, 1.165) is 9.13 Å². The van der Waals surface area contributed by atoms with Crippen molar-refractivity contribution in [1.82, 2.24) is 4.90 Å². The third-order valence-electron chi connectivity index (χ3n) is 4.95. The molecule has 160 valence electrons. The summed E-state index contributed by atoms with van der Waals surface area (Å²) in [5.74, 6) is 1.42. The normalized spacial score (nSPS) is 16.2. The fourth-order valence-corrected chi connectivity index (χ4v) is 3.92. The molecule has 2 aromatic carbocycles. The Labute approximate surface area is 190 Å². The quantitative estimate of drug-likeness (QED) is 0.494. The van der Waals surface area contributed by atoms with Crippen LogP contribution < -0.4 is 9.47 Å². The maximum Gasteiger partial charge on any atom is 0.255 e. The van der Waals surface area contributed by atoms with Gasteiger partial charge in [0.1, 0.15) is 18.5 Å². The number of hydrogen-bond acceptors (Lipinski definition) is 5. The lowest BCUT2D eigenvalue weighted by molar-refractivity contribution is -0.116. The zero-order valence-electron chi connectivity index (χ0n) is 17.2. The molecule has 0 aliphatic carbocycles. The lowest BCUT2D eigenvalue weighted by Gasteiger charge is -2.33. The number of nitrogens with zero attached hydrogens (tertiary/aromatic N) is 1. The van der Waals surface area contributed by atoms with Crippen LogP contribution in [0, 0.1) is 3.57 Å². The number of ketones is 1. The number of rotatable bonds is 8. The molecule has 1 amide bonds. The maximum absolute atomic E-state index is 12.9. The standard InChI is InChI=1S/C23H26INO5/c1-16(26)7-8-17-9-10-21(22(13-17)28-2)30-15-18-14-25(11-12-29-18)23(27)19-5-3-4-6-20(19)24/h3-6,9-10,13,18H,7-8,11-12,14-15H2,1-2H3. The van der Waals surface area contributed by atoms with Crippen LogP contribution in [0.2, 0.25) is 0 Å². The molecule has 1 aliphatic heterocycles. The van der Waals surface area contributed by atoms with E-state index in [-0.39, 0.29) is 17.8 Å². The first-order chi connectivity index (χ1) is 14.5. The van der Waals surface area contributed by atoms with E-state index in [1.807, 2.05) is 47.4 Å². The van der Waals surface area contributed by atoms with Crippen molar-refractivity contribution in [1.29, 1.82) is 0 Å². The van der Waals surface area contributed by atoms with Crippen LogP contribution in [-0.2, 0) is 16.0 Å². The molecule has 6 nitrogen and oxygen atoms in total. The molecule has 0 spiro atoms. The van der Waals surface area contributed by atoms with Crippen LogP contribution in [0.3, 0.4) is 0 Å². The van der Waals surface area contributed by atoms with Crippen molar-refractivity contribution in [2.45, 2.75) is 25.9 Å². The van der Waals surface area contributed by atoms with E-state index < -0.39 is 0 Å². The van der Waals surface area contributed by atoms with Gasteiger partial charge in [0.2, 0.25) is 0 Å². The Balaban J connectivity index is 1.59. The maximum atomic E-state index is 12.9. The fraction of sp³-hybridized carbons (Fsp3) is 0.391.